The highest BCUT2D eigenvalue weighted by molar-refractivity contribution is 6.80. The minimum atomic E-state index is -1.55. The Labute approximate surface area is 167 Å². The van der Waals surface area contributed by atoms with E-state index in [0.717, 1.165) is 0 Å². The predicted molar refractivity (Wildman–Crippen MR) is 110 cm³/mol. The van der Waals surface area contributed by atoms with E-state index in [-0.39, 0.29) is 6.42 Å². The van der Waals surface area contributed by atoms with Gasteiger partial charge >= 0.3 is 5.97 Å². The number of esters is 1. The molecule has 6 atom stereocenters. The van der Waals surface area contributed by atoms with E-state index in [1.807, 2.05) is 5.70 Å². The summed E-state index contributed by atoms with van der Waals surface area (Å²) in [5, 5.41) is 31.6. The Hall–Kier alpha value is -1.77. The van der Waals surface area contributed by atoms with Crippen molar-refractivity contribution in [2.75, 3.05) is 0 Å². The number of hydrogen-bond acceptors (Lipinski definition) is 6. The van der Waals surface area contributed by atoms with Crippen LogP contribution in [0.3, 0.4) is 0 Å². The molecule has 0 saturated carbocycles. The smallest absolute Gasteiger partial charge is 0.338 e. The van der Waals surface area contributed by atoms with E-state index in [0.29, 0.717) is 5.56 Å². The minimum absolute atomic E-state index is 0.289. The zero-order valence-electron chi connectivity index (χ0n) is 16.6. The number of hydrogen-bond donors (Lipinski definition) is 3. The standard InChI is InChI=1S/C21H30O6Si/c1-5-9-16-20(27-21(25)14-10-7-6-8-11-14)18(24)17(23)19(26-16)15(22)12-13-28(2,3)4/h5-8,10-13,15-20,22-24H,1,9H2,2-4H3/b13-12+/t15-,16?,17-,18+,19-,20-/m0/s1. The van der Waals surface area contributed by atoms with Crippen molar-refractivity contribution in [3.05, 3.63) is 60.3 Å². The number of aliphatic hydroxyl groups is 3. The van der Waals surface area contributed by atoms with E-state index in [1.165, 1.54) is 0 Å². The lowest BCUT2D eigenvalue weighted by Gasteiger charge is -2.43. The molecular formula is C21H30O6Si. The summed E-state index contributed by atoms with van der Waals surface area (Å²) in [6.45, 7) is 10.0. The second-order valence-electron chi connectivity index (χ2n) is 8.10. The maximum Gasteiger partial charge on any atom is 0.338 e. The van der Waals surface area contributed by atoms with E-state index >= 15 is 0 Å². The number of ether oxygens (including phenoxy) is 2. The normalized spacial score (nSPS) is 29.4. The molecule has 1 heterocycles. The molecule has 1 fully saturated rings. The van der Waals surface area contributed by atoms with Gasteiger partial charge in [-0.05, 0) is 18.6 Å². The van der Waals surface area contributed by atoms with Crippen molar-refractivity contribution in [2.24, 2.45) is 0 Å². The monoisotopic (exact) mass is 406 g/mol. The third-order valence-corrected chi connectivity index (χ3v) is 5.70. The first kappa shape index (κ1) is 22.5. The van der Waals surface area contributed by atoms with Crippen LogP contribution in [0.5, 0.6) is 0 Å². The quantitative estimate of drug-likeness (QED) is 0.364. The van der Waals surface area contributed by atoms with Crippen LogP contribution in [0.2, 0.25) is 19.6 Å². The summed E-state index contributed by atoms with van der Waals surface area (Å²) in [4.78, 5) is 12.4. The number of aliphatic hydroxyl groups excluding tert-OH is 3. The van der Waals surface area contributed by atoms with Gasteiger partial charge in [-0.15, -0.1) is 6.58 Å². The predicted octanol–water partition coefficient (Wildman–Crippen LogP) is 2.07. The molecule has 1 aromatic rings. The third-order valence-electron chi connectivity index (χ3n) is 4.50. The zero-order valence-corrected chi connectivity index (χ0v) is 17.6. The first-order valence-corrected chi connectivity index (χ1v) is 13.0. The SMILES string of the molecule is C=CCC1O[C@@H]([C@@H](O)/C=C/[Si](C)(C)C)[C@@H](O)[C@@H](O)[C@H]1OC(=O)c1ccccc1. The first-order valence-electron chi connectivity index (χ1n) is 9.40. The van der Waals surface area contributed by atoms with Crippen molar-refractivity contribution < 1.29 is 29.6 Å². The minimum Gasteiger partial charge on any atom is -0.453 e. The van der Waals surface area contributed by atoms with Gasteiger partial charge in [-0.2, -0.15) is 0 Å². The largest absolute Gasteiger partial charge is 0.453 e. The van der Waals surface area contributed by atoms with Crippen LogP contribution in [0, 0.1) is 0 Å². The van der Waals surface area contributed by atoms with Crippen molar-refractivity contribution in [2.45, 2.75) is 62.7 Å². The second-order valence-corrected chi connectivity index (χ2v) is 13.2. The Morgan fingerprint density at radius 1 is 1.25 bits per heavy atom. The second kappa shape index (κ2) is 9.62. The molecule has 3 N–H and O–H groups in total. The lowest BCUT2D eigenvalue weighted by Crippen LogP contribution is -2.61. The molecule has 0 aromatic heterocycles. The molecule has 0 spiro atoms. The molecular weight excluding hydrogens is 376 g/mol. The van der Waals surface area contributed by atoms with E-state index in [4.69, 9.17) is 9.47 Å². The Kier molecular flexibility index (Phi) is 7.74. The highest BCUT2D eigenvalue weighted by Gasteiger charge is 2.48. The molecule has 2 rings (SSSR count). The summed E-state index contributed by atoms with van der Waals surface area (Å²) >= 11 is 0. The molecule has 7 heteroatoms. The molecule has 1 aliphatic heterocycles. The van der Waals surface area contributed by atoms with Gasteiger partial charge in [0, 0.05) is 0 Å². The highest BCUT2D eigenvalue weighted by Crippen LogP contribution is 2.29. The third kappa shape index (κ3) is 5.86. The molecule has 154 valence electrons. The number of rotatable bonds is 7. The van der Waals surface area contributed by atoms with Gasteiger partial charge in [0.25, 0.3) is 0 Å². The number of carbonyl (C=O) groups excluding carboxylic acids is 1. The summed E-state index contributed by atoms with van der Waals surface area (Å²) in [6.07, 6.45) is -3.25. The average Bonchev–Trinajstić information content (AvgIpc) is 2.65. The maximum absolute atomic E-state index is 12.4. The molecule has 1 saturated heterocycles. The Bertz CT molecular complexity index is 684. The van der Waals surface area contributed by atoms with E-state index in [2.05, 4.69) is 26.2 Å². The molecule has 28 heavy (non-hydrogen) atoms. The van der Waals surface area contributed by atoms with Crippen molar-refractivity contribution in [1.29, 1.82) is 0 Å². The Morgan fingerprint density at radius 3 is 2.46 bits per heavy atom. The van der Waals surface area contributed by atoms with E-state index < -0.39 is 50.7 Å². The van der Waals surface area contributed by atoms with Crippen molar-refractivity contribution in [3.63, 3.8) is 0 Å². The van der Waals surface area contributed by atoms with E-state index in [1.54, 1.807) is 42.5 Å². The fraction of sp³-hybridized carbons (Fsp3) is 0.476. The topological polar surface area (TPSA) is 96.2 Å². The van der Waals surface area contributed by atoms with Gasteiger partial charge in [0.15, 0.2) is 6.10 Å². The fourth-order valence-corrected chi connectivity index (χ4v) is 3.79. The molecule has 0 aliphatic carbocycles. The van der Waals surface area contributed by atoms with Gasteiger partial charge in [0.2, 0.25) is 0 Å². The summed E-state index contributed by atoms with van der Waals surface area (Å²) < 4.78 is 11.3. The molecule has 0 radical (unpaired) electrons. The van der Waals surface area contributed by atoms with Gasteiger partial charge in [0.1, 0.15) is 30.5 Å². The van der Waals surface area contributed by atoms with Crippen molar-refractivity contribution >= 4 is 14.0 Å². The fourth-order valence-electron chi connectivity index (χ4n) is 3.01. The molecule has 0 bridgehead atoms. The molecule has 0 amide bonds. The van der Waals surface area contributed by atoms with Crippen LogP contribution in [0.4, 0.5) is 0 Å². The highest BCUT2D eigenvalue weighted by atomic mass is 28.3. The van der Waals surface area contributed by atoms with Crippen LogP contribution in [0.25, 0.3) is 0 Å². The number of benzene rings is 1. The van der Waals surface area contributed by atoms with Crippen molar-refractivity contribution in [3.8, 4) is 0 Å². The Balaban J connectivity index is 2.17. The van der Waals surface area contributed by atoms with Gasteiger partial charge in [0.05, 0.1) is 13.6 Å². The lowest BCUT2D eigenvalue weighted by molar-refractivity contribution is -0.236. The summed E-state index contributed by atoms with van der Waals surface area (Å²) in [7, 11) is -1.55. The van der Waals surface area contributed by atoms with Crippen LogP contribution in [0.1, 0.15) is 16.8 Å². The van der Waals surface area contributed by atoms with Crippen molar-refractivity contribution in [1.82, 2.24) is 0 Å². The van der Waals surface area contributed by atoms with Gasteiger partial charge in [-0.3, -0.25) is 0 Å². The van der Waals surface area contributed by atoms with E-state index in [9.17, 15) is 20.1 Å². The zero-order chi connectivity index (χ0) is 20.9. The summed E-state index contributed by atoms with van der Waals surface area (Å²) in [6, 6.07) is 8.39. The van der Waals surface area contributed by atoms with Crippen LogP contribution in [0.15, 0.2) is 54.8 Å². The van der Waals surface area contributed by atoms with Crippen LogP contribution in [-0.4, -0.2) is 66.0 Å². The Morgan fingerprint density at radius 2 is 1.89 bits per heavy atom. The molecule has 1 aromatic carbocycles. The molecule has 1 unspecified atom stereocenters. The number of carbonyl (C=O) groups is 1. The lowest BCUT2D eigenvalue weighted by atomic mass is 9.90. The van der Waals surface area contributed by atoms with Gasteiger partial charge in [-0.25, -0.2) is 4.79 Å². The molecule has 1 aliphatic rings. The van der Waals surface area contributed by atoms with Gasteiger partial charge in [-0.1, -0.05) is 55.7 Å². The van der Waals surface area contributed by atoms with Crippen LogP contribution >= 0.6 is 0 Å². The van der Waals surface area contributed by atoms with Crippen LogP contribution in [-0.2, 0) is 9.47 Å². The van der Waals surface area contributed by atoms with Gasteiger partial charge < -0.3 is 24.8 Å². The maximum atomic E-state index is 12.4. The molecule has 6 nitrogen and oxygen atoms in total. The van der Waals surface area contributed by atoms with Crippen LogP contribution < -0.4 is 0 Å². The summed E-state index contributed by atoms with van der Waals surface area (Å²) in [5.41, 5.74) is 2.28. The first-order chi connectivity index (χ1) is 13.1. The summed E-state index contributed by atoms with van der Waals surface area (Å²) in [5.74, 6) is -0.618. The average molecular weight is 407 g/mol.